The Labute approximate surface area is 170 Å². The molecule has 1 aliphatic rings. The van der Waals surface area contributed by atoms with Gasteiger partial charge in [0.05, 0.1) is 10.9 Å². The number of hydrogen-bond donors (Lipinski definition) is 0. The van der Waals surface area contributed by atoms with Crippen molar-refractivity contribution in [3.63, 3.8) is 0 Å². The van der Waals surface area contributed by atoms with Gasteiger partial charge in [-0.15, -0.1) is 11.3 Å². The van der Waals surface area contributed by atoms with E-state index >= 15 is 0 Å². The molecular formula is C21H19BrN2O2S. The number of benzene rings is 2. The molecule has 1 atom stereocenters. The number of amides is 1. The van der Waals surface area contributed by atoms with Crippen LogP contribution >= 0.6 is 27.3 Å². The number of likely N-dealkylation sites (tertiary alicyclic amines) is 1. The molecule has 1 aromatic heterocycles. The topological polar surface area (TPSA) is 42.4 Å². The number of aromatic nitrogens is 1. The second-order valence-corrected chi connectivity index (χ2v) is 8.44. The summed E-state index contributed by atoms with van der Waals surface area (Å²) in [6.07, 6.45) is 3.53. The molecule has 0 unspecified atom stereocenters. The van der Waals surface area contributed by atoms with E-state index in [1.807, 2.05) is 53.6 Å². The number of ether oxygens (including phenoxy) is 1. The van der Waals surface area contributed by atoms with E-state index in [0.29, 0.717) is 13.2 Å². The van der Waals surface area contributed by atoms with Crippen LogP contribution in [0.3, 0.4) is 0 Å². The number of carbonyl (C=O) groups excluding carboxylic acids is 1. The molecule has 2 aromatic carbocycles. The van der Waals surface area contributed by atoms with Crippen molar-refractivity contribution in [2.45, 2.75) is 25.5 Å². The third kappa shape index (κ3) is 4.22. The molecule has 1 amide bonds. The van der Waals surface area contributed by atoms with Crippen LogP contribution < -0.4 is 0 Å². The lowest BCUT2D eigenvalue weighted by Gasteiger charge is -2.22. The smallest absolute Gasteiger partial charge is 0.410 e. The quantitative estimate of drug-likeness (QED) is 0.493. The summed E-state index contributed by atoms with van der Waals surface area (Å²) in [7, 11) is 0. The lowest BCUT2D eigenvalue weighted by Crippen LogP contribution is -2.31. The fourth-order valence-corrected chi connectivity index (χ4v) is 4.57. The lowest BCUT2D eigenvalue weighted by atomic mass is 10.2. The van der Waals surface area contributed by atoms with Crippen LogP contribution in [-0.4, -0.2) is 22.5 Å². The van der Waals surface area contributed by atoms with Crippen LogP contribution in [0.15, 0.2) is 65.3 Å². The largest absolute Gasteiger partial charge is 0.445 e. The monoisotopic (exact) mass is 442 g/mol. The molecule has 0 aliphatic carbocycles. The molecule has 138 valence electrons. The van der Waals surface area contributed by atoms with Crippen molar-refractivity contribution in [3.05, 3.63) is 75.8 Å². The standard InChI is InChI=1S/C21H19BrN2O2S/c22-17-10-8-16(9-11-17)19-13-23-20(27-19)18-7-4-12-24(18)21(25)26-14-15-5-2-1-3-6-15/h1-3,5-6,8-11,13,18H,4,7,12,14H2/t18-/m0/s1. The zero-order chi connectivity index (χ0) is 18.6. The third-order valence-corrected chi connectivity index (χ3v) is 6.31. The number of carbonyl (C=O) groups is 1. The van der Waals surface area contributed by atoms with Gasteiger partial charge in [0.2, 0.25) is 0 Å². The highest BCUT2D eigenvalue weighted by Crippen LogP contribution is 2.37. The number of thiazole rings is 1. The maximum Gasteiger partial charge on any atom is 0.410 e. The minimum Gasteiger partial charge on any atom is -0.445 e. The van der Waals surface area contributed by atoms with Gasteiger partial charge in [0.15, 0.2) is 0 Å². The Bertz CT molecular complexity index is 911. The van der Waals surface area contributed by atoms with E-state index in [1.165, 1.54) is 0 Å². The Balaban J connectivity index is 1.45. The van der Waals surface area contributed by atoms with E-state index in [4.69, 9.17) is 4.74 Å². The number of halogens is 1. The molecule has 1 fully saturated rings. The van der Waals surface area contributed by atoms with Crippen molar-refractivity contribution >= 4 is 33.4 Å². The molecule has 0 bridgehead atoms. The summed E-state index contributed by atoms with van der Waals surface area (Å²) in [4.78, 5) is 20.1. The molecule has 1 saturated heterocycles. The predicted octanol–water partition coefficient (Wildman–Crippen LogP) is 6.05. The van der Waals surface area contributed by atoms with Gasteiger partial charge in [-0.3, -0.25) is 4.90 Å². The fraction of sp³-hybridized carbons (Fsp3) is 0.238. The van der Waals surface area contributed by atoms with Crippen LogP contribution in [0.2, 0.25) is 0 Å². The summed E-state index contributed by atoms with van der Waals surface area (Å²) >= 11 is 5.11. The van der Waals surface area contributed by atoms with E-state index < -0.39 is 0 Å². The molecule has 0 spiro atoms. The molecule has 0 saturated carbocycles. The first-order chi connectivity index (χ1) is 13.2. The second kappa shape index (κ2) is 8.23. The van der Waals surface area contributed by atoms with Gasteiger partial charge in [-0.1, -0.05) is 58.4 Å². The Kier molecular flexibility index (Phi) is 5.55. The van der Waals surface area contributed by atoms with Crippen LogP contribution in [0.5, 0.6) is 0 Å². The summed E-state index contributed by atoms with van der Waals surface area (Å²) in [6.45, 7) is 1.01. The van der Waals surface area contributed by atoms with Gasteiger partial charge >= 0.3 is 6.09 Å². The molecule has 1 aliphatic heterocycles. The molecule has 6 heteroatoms. The number of hydrogen-bond acceptors (Lipinski definition) is 4. The SMILES string of the molecule is O=C(OCc1ccccc1)N1CCC[C@H]1c1ncc(-c2ccc(Br)cc2)s1. The Morgan fingerprint density at radius 2 is 1.96 bits per heavy atom. The summed E-state index contributed by atoms with van der Waals surface area (Å²) in [5, 5.41) is 0.974. The van der Waals surface area contributed by atoms with Crippen molar-refractivity contribution in [1.29, 1.82) is 0 Å². The molecule has 3 aromatic rings. The van der Waals surface area contributed by atoms with E-state index in [-0.39, 0.29) is 12.1 Å². The summed E-state index contributed by atoms with van der Waals surface area (Å²) in [6, 6.07) is 18.0. The Morgan fingerprint density at radius 1 is 1.19 bits per heavy atom. The Hall–Kier alpha value is -2.18. The van der Waals surface area contributed by atoms with Gasteiger partial charge in [0, 0.05) is 17.2 Å². The fourth-order valence-electron chi connectivity index (χ4n) is 3.23. The molecule has 0 radical (unpaired) electrons. The van der Waals surface area contributed by atoms with Gasteiger partial charge in [0.25, 0.3) is 0 Å². The maximum absolute atomic E-state index is 12.6. The molecule has 27 heavy (non-hydrogen) atoms. The molecular weight excluding hydrogens is 424 g/mol. The van der Waals surface area contributed by atoms with E-state index in [2.05, 4.69) is 33.0 Å². The van der Waals surface area contributed by atoms with E-state index in [0.717, 1.165) is 38.3 Å². The van der Waals surface area contributed by atoms with Crippen molar-refractivity contribution in [1.82, 2.24) is 9.88 Å². The summed E-state index contributed by atoms with van der Waals surface area (Å²) in [5.74, 6) is 0. The first-order valence-corrected chi connectivity index (χ1v) is 10.5. The van der Waals surface area contributed by atoms with Crippen molar-refractivity contribution < 1.29 is 9.53 Å². The van der Waals surface area contributed by atoms with E-state index in [9.17, 15) is 4.79 Å². The van der Waals surface area contributed by atoms with Gasteiger partial charge in [-0.25, -0.2) is 9.78 Å². The third-order valence-electron chi connectivity index (χ3n) is 4.63. The molecule has 4 rings (SSSR count). The zero-order valence-electron chi connectivity index (χ0n) is 14.7. The average Bonchev–Trinajstić information content (AvgIpc) is 3.37. The normalized spacial score (nSPS) is 16.5. The van der Waals surface area contributed by atoms with Crippen LogP contribution in [0, 0.1) is 0 Å². The highest BCUT2D eigenvalue weighted by molar-refractivity contribution is 9.10. The van der Waals surface area contributed by atoms with Crippen LogP contribution in [0.4, 0.5) is 4.79 Å². The molecule has 2 heterocycles. The van der Waals surface area contributed by atoms with Gasteiger partial charge in [-0.2, -0.15) is 0 Å². The zero-order valence-corrected chi connectivity index (χ0v) is 17.1. The lowest BCUT2D eigenvalue weighted by molar-refractivity contribution is 0.0920. The molecule has 0 N–H and O–H groups in total. The van der Waals surface area contributed by atoms with Crippen LogP contribution in [-0.2, 0) is 11.3 Å². The summed E-state index contributed by atoms with van der Waals surface area (Å²) in [5.41, 5.74) is 2.13. The molecule has 4 nitrogen and oxygen atoms in total. The highest BCUT2D eigenvalue weighted by atomic mass is 79.9. The highest BCUT2D eigenvalue weighted by Gasteiger charge is 2.33. The van der Waals surface area contributed by atoms with Crippen LogP contribution in [0.1, 0.15) is 29.5 Å². The van der Waals surface area contributed by atoms with Gasteiger partial charge in [-0.05, 0) is 36.1 Å². The first kappa shape index (κ1) is 18.2. The van der Waals surface area contributed by atoms with E-state index in [1.54, 1.807) is 11.3 Å². The average molecular weight is 443 g/mol. The first-order valence-electron chi connectivity index (χ1n) is 8.90. The minimum absolute atomic E-state index is 0.00229. The Morgan fingerprint density at radius 3 is 2.74 bits per heavy atom. The summed E-state index contributed by atoms with van der Waals surface area (Å²) < 4.78 is 6.58. The minimum atomic E-state index is -0.262. The number of nitrogens with zero attached hydrogens (tertiary/aromatic N) is 2. The van der Waals surface area contributed by atoms with Crippen LogP contribution in [0.25, 0.3) is 10.4 Å². The second-order valence-electron chi connectivity index (χ2n) is 6.46. The number of rotatable bonds is 4. The van der Waals surface area contributed by atoms with Gasteiger partial charge < -0.3 is 4.74 Å². The van der Waals surface area contributed by atoms with Crippen molar-refractivity contribution in [2.75, 3.05) is 6.54 Å². The van der Waals surface area contributed by atoms with Crippen molar-refractivity contribution in [2.24, 2.45) is 0 Å². The predicted molar refractivity (Wildman–Crippen MR) is 111 cm³/mol. The van der Waals surface area contributed by atoms with Crippen molar-refractivity contribution in [3.8, 4) is 10.4 Å². The maximum atomic E-state index is 12.6. The van der Waals surface area contributed by atoms with Gasteiger partial charge in [0.1, 0.15) is 11.6 Å².